The molecule has 112 valence electrons. The Morgan fingerprint density at radius 1 is 1.05 bits per heavy atom. The van der Waals surface area contributed by atoms with Crippen molar-refractivity contribution in [3.63, 3.8) is 0 Å². The molecule has 22 heavy (non-hydrogen) atoms. The second-order valence-corrected chi connectivity index (χ2v) is 5.81. The summed E-state index contributed by atoms with van der Waals surface area (Å²) in [6.07, 6.45) is 1.33. The van der Waals surface area contributed by atoms with Gasteiger partial charge in [-0.15, -0.1) is 0 Å². The first-order valence-corrected chi connectivity index (χ1v) is 7.26. The van der Waals surface area contributed by atoms with Crippen LogP contribution < -0.4 is 10.9 Å². The van der Waals surface area contributed by atoms with Crippen molar-refractivity contribution in [1.29, 1.82) is 0 Å². The maximum absolute atomic E-state index is 14.1. The van der Waals surface area contributed by atoms with E-state index in [2.05, 4.69) is 10.3 Å². The molecule has 0 spiro atoms. The summed E-state index contributed by atoms with van der Waals surface area (Å²) in [5.41, 5.74) is -1.03. The first-order valence-electron chi connectivity index (χ1n) is 6.19. The van der Waals surface area contributed by atoms with E-state index in [1.54, 1.807) is 6.07 Å². The van der Waals surface area contributed by atoms with E-state index in [0.29, 0.717) is 3.57 Å². The van der Waals surface area contributed by atoms with Gasteiger partial charge >= 0.3 is 0 Å². The normalized spacial score (nSPS) is 10.9. The topological polar surface area (TPSA) is 44.9 Å². The third-order valence-electron chi connectivity index (χ3n) is 3.15. The number of pyridine rings is 1. The first kappa shape index (κ1) is 14.9. The van der Waals surface area contributed by atoms with Crippen LogP contribution in [0, 0.1) is 21.0 Å². The molecule has 0 fully saturated rings. The van der Waals surface area contributed by atoms with Crippen LogP contribution >= 0.6 is 22.6 Å². The average Bonchev–Trinajstić information content (AvgIpc) is 2.46. The van der Waals surface area contributed by atoms with Crippen LogP contribution in [0.25, 0.3) is 10.8 Å². The van der Waals surface area contributed by atoms with E-state index >= 15 is 0 Å². The molecule has 3 rings (SSSR count). The summed E-state index contributed by atoms with van der Waals surface area (Å²) in [4.78, 5) is 14.3. The lowest BCUT2D eigenvalue weighted by Crippen LogP contribution is -2.10. The quantitative estimate of drug-likeness (QED) is 0.613. The molecule has 0 unspecified atom stereocenters. The molecule has 0 amide bonds. The number of H-pyrrole nitrogens is 1. The van der Waals surface area contributed by atoms with Gasteiger partial charge in [0.1, 0.15) is 5.82 Å². The molecule has 1 heterocycles. The predicted octanol–water partition coefficient (Wildman–Crippen LogP) is 4.29. The molecule has 1 aromatic heterocycles. The Labute approximate surface area is 136 Å². The minimum Gasteiger partial charge on any atom is -0.350 e. The van der Waals surface area contributed by atoms with Crippen molar-refractivity contribution in [3.8, 4) is 0 Å². The lowest BCUT2D eigenvalue weighted by atomic mass is 10.1. The average molecular weight is 416 g/mol. The molecule has 2 N–H and O–H groups in total. The molecule has 0 saturated carbocycles. The minimum atomic E-state index is -1.23. The number of hydrogen-bond acceptors (Lipinski definition) is 2. The van der Waals surface area contributed by atoms with Crippen molar-refractivity contribution in [2.45, 2.75) is 0 Å². The zero-order valence-electron chi connectivity index (χ0n) is 10.9. The third-order valence-corrected chi connectivity index (χ3v) is 3.82. The molecule has 7 heteroatoms. The van der Waals surface area contributed by atoms with Crippen LogP contribution in [0.2, 0.25) is 0 Å². The van der Waals surface area contributed by atoms with Gasteiger partial charge in [0, 0.05) is 9.77 Å². The second kappa shape index (κ2) is 5.64. The Balaban J connectivity index is 2.25. The summed E-state index contributed by atoms with van der Waals surface area (Å²) in [6, 6.07) is 6.61. The number of rotatable bonds is 2. The van der Waals surface area contributed by atoms with Crippen molar-refractivity contribution in [2.75, 3.05) is 5.32 Å². The molecule has 0 aliphatic heterocycles. The SMILES string of the molecule is O=c1[nH]ccc2cc(F)c(F)c(Nc3ccc(I)cc3F)c12. The van der Waals surface area contributed by atoms with E-state index in [9.17, 15) is 18.0 Å². The molecule has 2 aromatic carbocycles. The molecule has 0 aliphatic rings. The Morgan fingerprint density at radius 2 is 1.82 bits per heavy atom. The van der Waals surface area contributed by atoms with Crippen LogP contribution in [0.4, 0.5) is 24.5 Å². The van der Waals surface area contributed by atoms with Gasteiger partial charge < -0.3 is 10.3 Å². The minimum absolute atomic E-state index is 0.0468. The highest BCUT2D eigenvalue weighted by Crippen LogP contribution is 2.30. The number of nitrogens with one attached hydrogen (secondary N) is 2. The smallest absolute Gasteiger partial charge is 0.258 e. The molecule has 3 nitrogen and oxygen atoms in total. The number of anilines is 2. The van der Waals surface area contributed by atoms with E-state index in [-0.39, 0.29) is 16.5 Å². The summed E-state index contributed by atoms with van der Waals surface area (Å²) in [5.74, 6) is -2.98. The van der Waals surface area contributed by atoms with Crippen LogP contribution in [0.3, 0.4) is 0 Å². The Bertz CT molecular complexity index is 940. The molecule has 0 bridgehead atoms. The van der Waals surface area contributed by atoms with Gasteiger partial charge in [0.25, 0.3) is 5.56 Å². The van der Waals surface area contributed by atoms with Crippen molar-refractivity contribution >= 4 is 44.7 Å². The molecular weight excluding hydrogens is 408 g/mol. The summed E-state index contributed by atoms with van der Waals surface area (Å²) in [5, 5.41) is 2.63. The van der Waals surface area contributed by atoms with E-state index in [0.717, 1.165) is 6.07 Å². The summed E-state index contributed by atoms with van der Waals surface area (Å²) in [7, 11) is 0. The Morgan fingerprint density at radius 3 is 2.55 bits per heavy atom. The van der Waals surface area contributed by atoms with E-state index in [1.807, 2.05) is 22.6 Å². The van der Waals surface area contributed by atoms with Crippen molar-refractivity contribution in [3.05, 3.63) is 67.9 Å². The largest absolute Gasteiger partial charge is 0.350 e. The van der Waals surface area contributed by atoms with Crippen LogP contribution in [0.15, 0.2) is 41.3 Å². The number of hydrogen-bond donors (Lipinski definition) is 2. The van der Waals surface area contributed by atoms with E-state index in [1.165, 1.54) is 24.4 Å². The van der Waals surface area contributed by atoms with Crippen molar-refractivity contribution in [2.24, 2.45) is 0 Å². The predicted molar refractivity (Wildman–Crippen MR) is 86.9 cm³/mol. The van der Waals surface area contributed by atoms with Gasteiger partial charge in [-0.05, 0) is 58.3 Å². The van der Waals surface area contributed by atoms with E-state index < -0.39 is 28.7 Å². The van der Waals surface area contributed by atoms with Gasteiger partial charge in [0.05, 0.1) is 16.8 Å². The zero-order chi connectivity index (χ0) is 15.9. The summed E-state index contributed by atoms with van der Waals surface area (Å²) < 4.78 is 42.3. The monoisotopic (exact) mass is 416 g/mol. The fourth-order valence-electron chi connectivity index (χ4n) is 2.14. The number of aromatic nitrogens is 1. The molecule has 0 radical (unpaired) electrons. The molecule has 3 aromatic rings. The van der Waals surface area contributed by atoms with Crippen LogP contribution in [-0.2, 0) is 0 Å². The highest BCUT2D eigenvalue weighted by atomic mass is 127. The number of benzene rings is 2. The zero-order valence-corrected chi connectivity index (χ0v) is 13.0. The molecule has 0 saturated heterocycles. The van der Waals surface area contributed by atoms with Gasteiger partial charge in [-0.3, -0.25) is 4.79 Å². The maximum Gasteiger partial charge on any atom is 0.258 e. The highest BCUT2D eigenvalue weighted by molar-refractivity contribution is 14.1. The standard InChI is InChI=1S/C15H8F3IN2O/c16-9-6-8(19)1-2-11(9)21-14-12-7(3-4-20-15(12)22)5-10(17)13(14)18/h1-6,21H,(H,20,22). The lowest BCUT2D eigenvalue weighted by molar-refractivity contribution is 0.513. The Kier molecular flexibility index (Phi) is 3.81. The first-order chi connectivity index (χ1) is 10.5. The van der Waals surface area contributed by atoms with Gasteiger partial charge in [0.15, 0.2) is 11.6 Å². The van der Waals surface area contributed by atoms with Crippen LogP contribution in [0.1, 0.15) is 0 Å². The van der Waals surface area contributed by atoms with Crippen LogP contribution in [0.5, 0.6) is 0 Å². The maximum atomic E-state index is 14.1. The van der Waals surface area contributed by atoms with E-state index in [4.69, 9.17) is 0 Å². The fourth-order valence-corrected chi connectivity index (χ4v) is 2.60. The second-order valence-electron chi connectivity index (χ2n) is 4.57. The number of aromatic amines is 1. The van der Waals surface area contributed by atoms with Crippen molar-refractivity contribution in [1.82, 2.24) is 4.98 Å². The van der Waals surface area contributed by atoms with Gasteiger partial charge in [-0.1, -0.05) is 0 Å². The highest BCUT2D eigenvalue weighted by Gasteiger charge is 2.17. The molecule has 0 atom stereocenters. The van der Waals surface area contributed by atoms with Gasteiger partial charge in [-0.25, -0.2) is 13.2 Å². The lowest BCUT2D eigenvalue weighted by Gasteiger charge is -2.12. The molecular formula is C15H8F3IN2O. The van der Waals surface area contributed by atoms with Crippen molar-refractivity contribution < 1.29 is 13.2 Å². The number of fused-ring (bicyclic) bond motifs is 1. The Hall–Kier alpha value is -2.03. The van der Waals surface area contributed by atoms with Gasteiger partial charge in [0.2, 0.25) is 0 Å². The summed E-state index contributed by atoms with van der Waals surface area (Å²) >= 11 is 1.93. The van der Waals surface area contributed by atoms with Crippen LogP contribution in [-0.4, -0.2) is 4.98 Å². The summed E-state index contributed by atoms with van der Waals surface area (Å²) in [6.45, 7) is 0. The molecule has 0 aliphatic carbocycles. The van der Waals surface area contributed by atoms with Gasteiger partial charge in [-0.2, -0.15) is 0 Å². The third kappa shape index (κ3) is 2.56. The number of halogens is 4. The fraction of sp³-hybridized carbons (Fsp3) is 0.